The van der Waals surface area contributed by atoms with E-state index in [0.29, 0.717) is 19.4 Å². The van der Waals surface area contributed by atoms with Crippen LogP contribution in [0.1, 0.15) is 41.9 Å². The highest BCUT2D eigenvalue weighted by Gasteiger charge is 2.32. The van der Waals surface area contributed by atoms with Crippen LogP contribution in [0.4, 0.5) is 0 Å². The molecule has 2 aromatic carbocycles. The summed E-state index contributed by atoms with van der Waals surface area (Å²) in [6.07, 6.45) is 5.75. The molecule has 0 saturated carbocycles. The number of hydrogen-bond donors (Lipinski definition) is 1. The summed E-state index contributed by atoms with van der Waals surface area (Å²) in [6.45, 7) is 4.31. The summed E-state index contributed by atoms with van der Waals surface area (Å²) >= 11 is 0. The minimum atomic E-state index is -0.542. The molecule has 5 nitrogen and oxygen atoms in total. The third-order valence-corrected chi connectivity index (χ3v) is 5.73. The van der Waals surface area contributed by atoms with Gasteiger partial charge in [-0.05, 0) is 53.2 Å². The van der Waals surface area contributed by atoms with Crippen molar-refractivity contribution in [3.63, 3.8) is 0 Å². The van der Waals surface area contributed by atoms with Gasteiger partial charge in [0, 0.05) is 18.9 Å². The quantitative estimate of drug-likeness (QED) is 0.314. The lowest BCUT2D eigenvalue weighted by molar-refractivity contribution is -0.160. The number of hydrogen-bond acceptors (Lipinski definition) is 5. The van der Waals surface area contributed by atoms with Gasteiger partial charge in [0.05, 0.1) is 6.61 Å². The first kappa shape index (κ1) is 21.3. The number of fused-ring (bicyclic) bond motifs is 3. The molecule has 1 heterocycles. The third kappa shape index (κ3) is 4.73. The molecule has 1 N–H and O–H groups in total. The maximum Gasteiger partial charge on any atom is 0.373 e. The van der Waals surface area contributed by atoms with Gasteiger partial charge in [0.2, 0.25) is 12.0 Å². The number of carbonyl (C=O) groups excluding carboxylic acids is 1. The summed E-state index contributed by atoms with van der Waals surface area (Å²) in [6, 6.07) is 14.8. The van der Waals surface area contributed by atoms with Gasteiger partial charge in [-0.3, -0.25) is 0 Å². The van der Waals surface area contributed by atoms with Crippen molar-refractivity contribution < 1.29 is 24.1 Å². The van der Waals surface area contributed by atoms with Gasteiger partial charge in [0.25, 0.3) is 0 Å². The van der Waals surface area contributed by atoms with Gasteiger partial charge in [-0.2, -0.15) is 0 Å². The van der Waals surface area contributed by atoms with Crippen LogP contribution in [0.15, 0.2) is 67.0 Å². The fourth-order valence-electron chi connectivity index (χ4n) is 4.29. The number of aliphatic hydroxyl groups is 1. The molecular weight excluding hydrogens is 392 g/mol. The highest BCUT2D eigenvalue weighted by atomic mass is 16.7. The zero-order valence-corrected chi connectivity index (χ0v) is 17.6. The van der Waals surface area contributed by atoms with Gasteiger partial charge >= 0.3 is 5.97 Å². The van der Waals surface area contributed by atoms with Crippen molar-refractivity contribution in [1.82, 2.24) is 0 Å². The Balaban J connectivity index is 1.61. The van der Waals surface area contributed by atoms with Crippen molar-refractivity contribution in [2.24, 2.45) is 0 Å². The van der Waals surface area contributed by atoms with Crippen molar-refractivity contribution in [2.75, 3.05) is 19.8 Å². The average Bonchev–Trinajstić information content (AvgIpc) is 3.19. The predicted molar refractivity (Wildman–Crippen MR) is 118 cm³/mol. The summed E-state index contributed by atoms with van der Waals surface area (Å²) in [7, 11) is 0. The van der Waals surface area contributed by atoms with E-state index in [1.54, 1.807) is 0 Å². The van der Waals surface area contributed by atoms with Crippen LogP contribution in [0.25, 0.3) is 11.1 Å². The minimum Gasteiger partial charge on any atom is -0.458 e. The summed E-state index contributed by atoms with van der Waals surface area (Å²) < 4.78 is 16.9. The second-order valence-electron chi connectivity index (χ2n) is 7.82. The molecule has 0 amide bonds. The van der Waals surface area contributed by atoms with Crippen LogP contribution in [0.2, 0.25) is 0 Å². The van der Waals surface area contributed by atoms with Crippen LogP contribution in [0.5, 0.6) is 0 Å². The summed E-state index contributed by atoms with van der Waals surface area (Å²) in [5.74, 6) is -0.352. The molecule has 2 atom stereocenters. The Bertz CT molecular complexity index is 978. The van der Waals surface area contributed by atoms with Gasteiger partial charge in [-0.15, -0.1) is 0 Å². The standard InChI is InChI=1S/C26H28O5/c1-2-13-30-26(28)24-16-19(17-25(31-24)29-14-6-5-12-27)21-10-7-11-22-20-9-4-3-8-18(20)15-23(21)22/h2-4,7-11,16,19,25,27H,1,5-6,12-15,17H2. The maximum absolute atomic E-state index is 12.5. The topological polar surface area (TPSA) is 65.0 Å². The van der Waals surface area contributed by atoms with E-state index >= 15 is 0 Å². The van der Waals surface area contributed by atoms with Crippen LogP contribution >= 0.6 is 0 Å². The molecule has 1 aliphatic carbocycles. The van der Waals surface area contributed by atoms with Crippen molar-refractivity contribution >= 4 is 5.97 Å². The smallest absolute Gasteiger partial charge is 0.373 e. The Morgan fingerprint density at radius 3 is 2.84 bits per heavy atom. The number of allylic oxidation sites excluding steroid dienone is 1. The van der Waals surface area contributed by atoms with Gasteiger partial charge in [0.1, 0.15) is 6.61 Å². The molecule has 2 aromatic rings. The maximum atomic E-state index is 12.5. The van der Waals surface area contributed by atoms with E-state index < -0.39 is 12.3 Å². The fourth-order valence-corrected chi connectivity index (χ4v) is 4.29. The molecule has 2 unspecified atom stereocenters. The van der Waals surface area contributed by atoms with Crippen molar-refractivity contribution in [3.8, 4) is 11.1 Å². The van der Waals surface area contributed by atoms with Crippen molar-refractivity contribution in [3.05, 3.63) is 83.6 Å². The lowest BCUT2D eigenvalue weighted by Crippen LogP contribution is -2.28. The molecule has 0 radical (unpaired) electrons. The van der Waals surface area contributed by atoms with Gasteiger partial charge in [0.15, 0.2) is 0 Å². The largest absolute Gasteiger partial charge is 0.458 e. The molecule has 1 aliphatic heterocycles. The molecule has 0 spiro atoms. The lowest BCUT2D eigenvalue weighted by atomic mass is 9.87. The van der Waals surface area contributed by atoms with E-state index in [1.165, 1.54) is 33.9 Å². The molecule has 0 bridgehead atoms. The SMILES string of the molecule is C=CCOC(=O)C1=CC(c2cccc3c2Cc2ccccc2-3)CC(OCCCCO)O1. The molecule has 0 aromatic heterocycles. The first-order valence-corrected chi connectivity index (χ1v) is 10.8. The number of carbonyl (C=O) groups is 1. The Kier molecular flexibility index (Phi) is 6.85. The second-order valence-corrected chi connectivity index (χ2v) is 7.82. The lowest BCUT2D eigenvalue weighted by Gasteiger charge is -2.30. The number of ether oxygens (including phenoxy) is 3. The Hall–Kier alpha value is -2.89. The molecule has 0 saturated heterocycles. The summed E-state index contributed by atoms with van der Waals surface area (Å²) in [4.78, 5) is 12.5. The second kappa shape index (κ2) is 9.94. The van der Waals surface area contributed by atoms with Crippen molar-refractivity contribution in [1.29, 1.82) is 0 Å². The molecule has 5 heteroatoms. The Morgan fingerprint density at radius 1 is 1.16 bits per heavy atom. The number of esters is 1. The van der Waals surface area contributed by atoms with Crippen LogP contribution in [0, 0.1) is 0 Å². The zero-order valence-electron chi connectivity index (χ0n) is 17.6. The first-order chi connectivity index (χ1) is 15.2. The van der Waals surface area contributed by atoms with E-state index in [1.807, 2.05) is 6.08 Å². The number of aliphatic hydroxyl groups excluding tert-OH is 1. The van der Waals surface area contributed by atoms with Crippen LogP contribution in [-0.4, -0.2) is 37.2 Å². The third-order valence-electron chi connectivity index (χ3n) is 5.73. The predicted octanol–water partition coefficient (Wildman–Crippen LogP) is 4.49. The van der Waals surface area contributed by atoms with E-state index in [9.17, 15) is 4.79 Å². The zero-order chi connectivity index (χ0) is 21.6. The molecule has 2 aliphatic rings. The van der Waals surface area contributed by atoms with Crippen molar-refractivity contribution in [2.45, 2.75) is 37.9 Å². The Labute approximate surface area is 183 Å². The van der Waals surface area contributed by atoms with Crippen LogP contribution < -0.4 is 0 Å². The van der Waals surface area contributed by atoms with Crippen LogP contribution in [0.3, 0.4) is 0 Å². The average molecular weight is 421 g/mol. The van der Waals surface area contributed by atoms with E-state index in [-0.39, 0.29) is 24.9 Å². The summed E-state index contributed by atoms with van der Waals surface area (Å²) in [5.41, 5.74) is 6.34. The molecular formula is C26H28O5. The Morgan fingerprint density at radius 2 is 2.00 bits per heavy atom. The van der Waals surface area contributed by atoms with Gasteiger partial charge < -0.3 is 19.3 Å². The number of benzene rings is 2. The highest BCUT2D eigenvalue weighted by molar-refractivity contribution is 5.87. The molecule has 0 fully saturated rings. The number of rotatable bonds is 9. The first-order valence-electron chi connectivity index (χ1n) is 10.8. The van der Waals surface area contributed by atoms with Crippen LogP contribution in [-0.2, 0) is 25.4 Å². The van der Waals surface area contributed by atoms with E-state index in [4.69, 9.17) is 19.3 Å². The van der Waals surface area contributed by atoms with Gasteiger partial charge in [-0.1, -0.05) is 55.1 Å². The molecule has 162 valence electrons. The van der Waals surface area contributed by atoms with E-state index in [2.05, 4.69) is 49.0 Å². The van der Waals surface area contributed by atoms with Gasteiger partial charge in [-0.25, -0.2) is 4.79 Å². The summed E-state index contributed by atoms with van der Waals surface area (Å²) in [5, 5.41) is 8.99. The number of unbranched alkanes of at least 4 members (excludes halogenated alkanes) is 1. The highest BCUT2D eigenvalue weighted by Crippen LogP contribution is 2.42. The van der Waals surface area contributed by atoms with E-state index in [0.717, 1.165) is 12.8 Å². The molecule has 31 heavy (non-hydrogen) atoms. The fraction of sp³-hybridized carbons (Fsp3) is 0.346. The normalized spacial score (nSPS) is 19.1. The minimum absolute atomic E-state index is 0.0212. The monoisotopic (exact) mass is 420 g/mol. The molecule has 4 rings (SSSR count).